The topological polar surface area (TPSA) is 61.1 Å². The summed E-state index contributed by atoms with van der Waals surface area (Å²) in [5, 5.41) is 17.7. The molecule has 1 rings (SSSR count). The third kappa shape index (κ3) is 2.19. The standard InChI is InChI=1S/C10H6BrF2NO2/c11-3-7-6(10(15)16)2-1-5(9(12)13)8(7)4-14/h1-2,9H,3H2,(H,15,16). The number of aromatic carboxylic acids is 1. The summed E-state index contributed by atoms with van der Waals surface area (Å²) in [6, 6.07) is 3.67. The predicted molar refractivity (Wildman–Crippen MR) is 55.7 cm³/mol. The molecule has 0 aliphatic carbocycles. The highest BCUT2D eigenvalue weighted by atomic mass is 79.9. The number of carbonyl (C=O) groups is 1. The summed E-state index contributed by atoms with van der Waals surface area (Å²) in [4.78, 5) is 10.8. The lowest BCUT2D eigenvalue weighted by molar-refractivity contribution is 0.0695. The first-order valence-electron chi connectivity index (χ1n) is 4.16. The van der Waals surface area contributed by atoms with Gasteiger partial charge in [-0.05, 0) is 11.6 Å². The van der Waals surface area contributed by atoms with Crippen molar-refractivity contribution in [3.63, 3.8) is 0 Å². The van der Waals surface area contributed by atoms with Gasteiger partial charge in [-0.3, -0.25) is 0 Å². The second kappa shape index (κ2) is 5.03. The van der Waals surface area contributed by atoms with Crippen molar-refractivity contribution >= 4 is 21.9 Å². The number of nitrogens with zero attached hydrogens (tertiary/aromatic N) is 1. The van der Waals surface area contributed by atoms with Crippen molar-refractivity contribution in [1.82, 2.24) is 0 Å². The van der Waals surface area contributed by atoms with Crippen LogP contribution in [0, 0.1) is 11.3 Å². The van der Waals surface area contributed by atoms with E-state index in [1.807, 2.05) is 0 Å². The van der Waals surface area contributed by atoms with E-state index in [9.17, 15) is 13.6 Å². The summed E-state index contributed by atoms with van der Waals surface area (Å²) >= 11 is 2.99. The fraction of sp³-hybridized carbons (Fsp3) is 0.200. The molecule has 1 aromatic carbocycles. The maximum absolute atomic E-state index is 12.5. The molecule has 1 aromatic rings. The fourth-order valence-electron chi connectivity index (χ4n) is 1.32. The fourth-order valence-corrected chi connectivity index (χ4v) is 1.90. The van der Waals surface area contributed by atoms with E-state index in [2.05, 4.69) is 15.9 Å². The van der Waals surface area contributed by atoms with Gasteiger partial charge >= 0.3 is 5.97 Å². The molecule has 0 heterocycles. The Morgan fingerprint density at radius 2 is 2.19 bits per heavy atom. The Hall–Kier alpha value is -1.48. The van der Waals surface area contributed by atoms with Gasteiger partial charge in [-0.15, -0.1) is 0 Å². The third-order valence-corrected chi connectivity index (χ3v) is 2.62. The molecule has 0 aromatic heterocycles. The summed E-state index contributed by atoms with van der Waals surface area (Å²) in [7, 11) is 0. The van der Waals surface area contributed by atoms with Gasteiger partial charge in [0.05, 0.1) is 17.2 Å². The van der Waals surface area contributed by atoms with Gasteiger partial charge in [-0.2, -0.15) is 5.26 Å². The van der Waals surface area contributed by atoms with Gasteiger partial charge < -0.3 is 5.11 Å². The number of halogens is 3. The van der Waals surface area contributed by atoms with Crippen LogP contribution < -0.4 is 0 Å². The Morgan fingerprint density at radius 1 is 1.56 bits per heavy atom. The number of hydrogen-bond acceptors (Lipinski definition) is 2. The molecule has 0 aliphatic rings. The van der Waals surface area contributed by atoms with Crippen molar-refractivity contribution in [3.05, 3.63) is 34.4 Å². The highest BCUT2D eigenvalue weighted by molar-refractivity contribution is 9.08. The maximum atomic E-state index is 12.5. The smallest absolute Gasteiger partial charge is 0.336 e. The highest BCUT2D eigenvalue weighted by Crippen LogP contribution is 2.28. The molecule has 0 radical (unpaired) electrons. The van der Waals surface area contributed by atoms with E-state index in [0.717, 1.165) is 12.1 Å². The molecule has 0 fully saturated rings. The van der Waals surface area contributed by atoms with Crippen LogP contribution in [-0.2, 0) is 5.33 Å². The third-order valence-electron chi connectivity index (χ3n) is 2.06. The molecule has 0 atom stereocenters. The zero-order chi connectivity index (χ0) is 12.3. The molecular formula is C10H6BrF2NO2. The van der Waals surface area contributed by atoms with E-state index in [0.29, 0.717) is 0 Å². The second-order valence-corrected chi connectivity index (χ2v) is 3.47. The van der Waals surface area contributed by atoms with Gasteiger partial charge in [0.25, 0.3) is 6.43 Å². The average Bonchev–Trinajstić information content (AvgIpc) is 2.26. The molecule has 3 nitrogen and oxygen atoms in total. The second-order valence-electron chi connectivity index (χ2n) is 2.91. The molecule has 0 spiro atoms. The highest BCUT2D eigenvalue weighted by Gasteiger charge is 2.21. The minimum Gasteiger partial charge on any atom is -0.478 e. The van der Waals surface area contributed by atoms with Gasteiger partial charge in [-0.1, -0.05) is 22.0 Å². The molecule has 84 valence electrons. The lowest BCUT2D eigenvalue weighted by atomic mass is 9.98. The monoisotopic (exact) mass is 289 g/mol. The van der Waals surface area contributed by atoms with Crippen LogP contribution in [0.5, 0.6) is 0 Å². The molecule has 0 unspecified atom stereocenters. The Morgan fingerprint density at radius 3 is 2.56 bits per heavy atom. The van der Waals surface area contributed by atoms with Crippen LogP contribution in [-0.4, -0.2) is 11.1 Å². The van der Waals surface area contributed by atoms with E-state index in [4.69, 9.17) is 10.4 Å². The van der Waals surface area contributed by atoms with Crippen molar-refractivity contribution in [1.29, 1.82) is 5.26 Å². The molecular weight excluding hydrogens is 284 g/mol. The van der Waals surface area contributed by atoms with Crippen LogP contribution in [0.25, 0.3) is 0 Å². The lowest BCUT2D eigenvalue weighted by Crippen LogP contribution is -2.06. The van der Waals surface area contributed by atoms with Crippen molar-refractivity contribution in [3.8, 4) is 6.07 Å². The molecule has 16 heavy (non-hydrogen) atoms. The van der Waals surface area contributed by atoms with E-state index in [-0.39, 0.29) is 22.0 Å². The lowest BCUT2D eigenvalue weighted by Gasteiger charge is -2.09. The number of alkyl halides is 3. The number of hydrogen-bond donors (Lipinski definition) is 1. The van der Waals surface area contributed by atoms with Crippen LogP contribution in [0.2, 0.25) is 0 Å². The number of carboxylic acids is 1. The molecule has 0 bridgehead atoms. The first-order valence-corrected chi connectivity index (χ1v) is 5.28. The zero-order valence-corrected chi connectivity index (χ0v) is 9.46. The van der Waals surface area contributed by atoms with Crippen LogP contribution >= 0.6 is 15.9 Å². The van der Waals surface area contributed by atoms with E-state index in [1.54, 1.807) is 6.07 Å². The van der Waals surface area contributed by atoms with Crippen LogP contribution in [0.3, 0.4) is 0 Å². The average molecular weight is 290 g/mol. The van der Waals surface area contributed by atoms with Gasteiger partial charge in [0.1, 0.15) is 0 Å². The molecule has 0 aliphatic heterocycles. The molecule has 1 N–H and O–H groups in total. The Bertz CT molecular complexity index is 469. The molecule has 6 heteroatoms. The largest absolute Gasteiger partial charge is 0.478 e. The van der Waals surface area contributed by atoms with Gasteiger partial charge in [0, 0.05) is 10.9 Å². The normalized spacial score (nSPS) is 10.2. The Kier molecular flexibility index (Phi) is 3.96. The van der Waals surface area contributed by atoms with E-state index in [1.165, 1.54) is 0 Å². The SMILES string of the molecule is N#Cc1c(C(F)F)ccc(C(=O)O)c1CBr. The molecule has 0 amide bonds. The summed E-state index contributed by atoms with van der Waals surface area (Å²) < 4.78 is 25.1. The van der Waals surface area contributed by atoms with Gasteiger partial charge in [0.15, 0.2) is 0 Å². The predicted octanol–water partition coefficient (Wildman–Crippen LogP) is 3.09. The van der Waals surface area contributed by atoms with Crippen molar-refractivity contribution in [2.45, 2.75) is 11.8 Å². The number of benzene rings is 1. The summed E-state index contributed by atoms with van der Waals surface area (Å²) in [5.74, 6) is -1.24. The van der Waals surface area contributed by atoms with Crippen LogP contribution in [0.15, 0.2) is 12.1 Å². The van der Waals surface area contributed by atoms with Crippen molar-refractivity contribution in [2.75, 3.05) is 0 Å². The maximum Gasteiger partial charge on any atom is 0.336 e. The van der Waals surface area contributed by atoms with Crippen LogP contribution in [0.4, 0.5) is 8.78 Å². The summed E-state index contributed by atoms with van der Waals surface area (Å²) in [6.07, 6.45) is -2.80. The number of rotatable bonds is 3. The quantitative estimate of drug-likeness (QED) is 0.870. The van der Waals surface area contributed by atoms with Crippen molar-refractivity contribution in [2.24, 2.45) is 0 Å². The molecule has 0 saturated carbocycles. The van der Waals surface area contributed by atoms with Crippen LogP contribution in [0.1, 0.15) is 33.5 Å². The minimum atomic E-state index is -2.80. The first kappa shape index (κ1) is 12.6. The zero-order valence-electron chi connectivity index (χ0n) is 7.88. The first-order chi connectivity index (χ1) is 7.52. The van der Waals surface area contributed by atoms with Gasteiger partial charge in [0.2, 0.25) is 0 Å². The van der Waals surface area contributed by atoms with Crippen molar-refractivity contribution < 1.29 is 18.7 Å². The number of nitriles is 1. The molecule has 0 saturated heterocycles. The Labute approximate surface area is 98.4 Å². The van der Waals surface area contributed by atoms with E-state index >= 15 is 0 Å². The Balaban J connectivity index is 3.54. The summed E-state index contributed by atoms with van der Waals surface area (Å²) in [5.41, 5.74) is -0.778. The van der Waals surface area contributed by atoms with E-state index < -0.39 is 18.0 Å². The van der Waals surface area contributed by atoms with Gasteiger partial charge in [-0.25, -0.2) is 13.6 Å². The minimum absolute atomic E-state index is 0.0398. The summed E-state index contributed by atoms with van der Waals surface area (Å²) in [6.45, 7) is 0. The number of carboxylic acid groups (broad SMARTS) is 1.